The Bertz CT molecular complexity index is 5150. The first-order valence-corrected chi connectivity index (χ1v) is 31.6. The molecule has 438 valence electrons. The maximum Gasteiger partial charge on any atom is 0.227 e. The monoisotopic (exact) mass is 1180 g/mol. The van der Waals surface area contributed by atoms with E-state index in [-0.39, 0.29) is 10.8 Å². The molecule has 0 atom stereocenters. The van der Waals surface area contributed by atoms with Gasteiger partial charge in [0.25, 0.3) is 0 Å². The van der Waals surface area contributed by atoms with Gasteiger partial charge >= 0.3 is 0 Å². The first kappa shape index (κ1) is 54.5. The zero-order chi connectivity index (χ0) is 61.7. The predicted octanol–water partition coefficient (Wildman–Crippen LogP) is 23.5. The SMILES string of the molecule is CC1(C)c2ccccc2N(c2ccc(-c3c(-c4ccccc4)c(-c4ccccc4)c(-c4ccc(-c5nc6ccccc6o5)cc4)c(-c4ccc(N5c6ccccc6C(C)(C)c6ccccc65)cc4)c3-c3ccc(-c4nc5ccccc5o4)cc3)cc2)c2ccccc21. The smallest absolute Gasteiger partial charge is 0.227 e. The molecule has 13 aromatic carbocycles. The molecule has 6 heteroatoms. The summed E-state index contributed by atoms with van der Waals surface area (Å²) in [5.74, 6) is 1.15. The minimum atomic E-state index is -0.206. The van der Waals surface area contributed by atoms with Crippen LogP contribution in [-0.2, 0) is 10.8 Å². The third kappa shape index (κ3) is 8.85. The average Bonchev–Trinajstić information content (AvgIpc) is 0.894. The number of oxazole rings is 2. The van der Waals surface area contributed by atoms with E-state index >= 15 is 0 Å². The third-order valence-electron chi connectivity index (χ3n) is 19.2. The second-order valence-corrected chi connectivity index (χ2v) is 25.2. The summed E-state index contributed by atoms with van der Waals surface area (Å²) in [6.07, 6.45) is 0. The van der Waals surface area contributed by atoms with Gasteiger partial charge in [-0.15, -0.1) is 0 Å². The summed E-state index contributed by atoms with van der Waals surface area (Å²) in [7, 11) is 0. The maximum atomic E-state index is 6.47. The van der Waals surface area contributed by atoms with Gasteiger partial charge in [0.1, 0.15) is 11.0 Å². The molecular formula is C86H62N4O2. The predicted molar refractivity (Wildman–Crippen MR) is 379 cm³/mol. The molecule has 0 amide bonds. The Labute approximate surface area is 535 Å². The van der Waals surface area contributed by atoms with Crippen LogP contribution in [0.3, 0.4) is 0 Å². The number of hydrogen-bond donors (Lipinski definition) is 0. The lowest BCUT2D eigenvalue weighted by molar-refractivity contribution is 0.619. The van der Waals surface area contributed by atoms with Crippen LogP contribution in [0.4, 0.5) is 34.1 Å². The van der Waals surface area contributed by atoms with E-state index in [1.54, 1.807) is 0 Å². The van der Waals surface area contributed by atoms with Gasteiger partial charge in [-0.25, -0.2) is 9.97 Å². The molecule has 0 fully saturated rings. The Balaban J connectivity index is 0.966. The van der Waals surface area contributed by atoms with Crippen molar-refractivity contribution in [1.82, 2.24) is 9.97 Å². The lowest BCUT2D eigenvalue weighted by Crippen LogP contribution is -2.30. The highest BCUT2D eigenvalue weighted by Crippen LogP contribution is 2.59. The quantitative estimate of drug-likeness (QED) is 0.136. The second kappa shape index (κ2) is 21.6. The number of aromatic nitrogens is 2. The first-order chi connectivity index (χ1) is 45.2. The first-order valence-electron chi connectivity index (χ1n) is 31.6. The van der Waals surface area contributed by atoms with Crippen LogP contribution < -0.4 is 9.80 Å². The molecule has 0 spiro atoms. The van der Waals surface area contributed by atoms with Crippen molar-refractivity contribution in [2.45, 2.75) is 38.5 Å². The zero-order valence-corrected chi connectivity index (χ0v) is 51.5. The lowest BCUT2D eigenvalue weighted by atomic mass is 9.73. The van der Waals surface area contributed by atoms with Crippen molar-refractivity contribution in [3.63, 3.8) is 0 Å². The standard InChI is InChI=1S/C86H62N4O2/c1-85(2)65-27-11-17-33-71(65)89(72-34-18-12-28-66(72)85)63-51-47-59(48-52-63)81-78(56-25-9-6-10-26-56)77(55-23-7-5-8-24-55)79(57-39-43-61(44-40-57)83-87-69-31-15-21-37-75(69)91-83)82(80(81)58-41-45-62(46-42-58)84-88-70-32-16-22-38-76(70)92-84)60-49-53-64(54-50-60)90-73-35-19-13-29-67(73)86(3,4)68-30-14-20-36-74(68)90/h5-54H,1-4H3. The second-order valence-electron chi connectivity index (χ2n) is 25.2. The third-order valence-corrected chi connectivity index (χ3v) is 19.2. The summed E-state index contributed by atoms with van der Waals surface area (Å²) in [4.78, 5) is 14.8. The molecule has 92 heavy (non-hydrogen) atoms. The van der Waals surface area contributed by atoms with Gasteiger partial charge in [0, 0.05) is 33.3 Å². The van der Waals surface area contributed by atoms with E-state index in [4.69, 9.17) is 18.8 Å². The molecule has 2 aromatic heterocycles. The van der Waals surface area contributed by atoms with Gasteiger partial charge in [0.05, 0.1) is 22.7 Å². The van der Waals surface area contributed by atoms with Crippen molar-refractivity contribution in [3.8, 4) is 89.7 Å². The van der Waals surface area contributed by atoms with Crippen molar-refractivity contribution in [1.29, 1.82) is 0 Å². The van der Waals surface area contributed by atoms with Crippen molar-refractivity contribution in [3.05, 3.63) is 326 Å². The summed E-state index contributed by atoms with van der Waals surface area (Å²) < 4.78 is 12.9. The Morgan fingerprint density at radius 2 is 0.478 bits per heavy atom. The number of benzene rings is 13. The van der Waals surface area contributed by atoms with E-state index in [0.717, 1.165) is 111 Å². The van der Waals surface area contributed by atoms with E-state index < -0.39 is 0 Å². The van der Waals surface area contributed by atoms with Gasteiger partial charge in [-0.3, -0.25) is 0 Å². The summed E-state index contributed by atoms with van der Waals surface area (Å²) in [5, 5.41) is 0. The van der Waals surface area contributed by atoms with Crippen LogP contribution >= 0.6 is 0 Å². The molecule has 0 bridgehead atoms. The molecule has 0 saturated carbocycles. The van der Waals surface area contributed by atoms with Gasteiger partial charge in [-0.2, -0.15) is 0 Å². The molecule has 6 nitrogen and oxygen atoms in total. The normalized spacial score (nSPS) is 13.6. The highest BCUT2D eigenvalue weighted by atomic mass is 16.4. The summed E-state index contributed by atoms with van der Waals surface area (Å²) >= 11 is 0. The fraction of sp³-hybridized carbons (Fsp3) is 0.0698. The van der Waals surface area contributed by atoms with E-state index in [0.29, 0.717) is 11.8 Å². The number of fused-ring (bicyclic) bond motifs is 6. The van der Waals surface area contributed by atoms with Crippen LogP contribution in [0.1, 0.15) is 49.9 Å². The largest absolute Gasteiger partial charge is 0.436 e. The van der Waals surface area contributed by atoms with E-state index in [2.05, 4.69) is 292 Å². The number of nitrogens with zero attached hydrogens (tertiary/aromatic N) is 4. The number of para-hydroxylation sites is 8. The molecule has 0 aliphatic carbocycles. The van der Waals surface area contributed by atoms with Crippen molar-refractivity contribution in [2.75, 3.05) is 9.80 Å². The number of anilines is 6. The fourth-order valence-corrected chi connectivity index (χ4v) is 14.7. The molecule has 17 rings (SSSR count). The average molecular weight is 1180 g/mol. The van der Waals surface area contributed by atoms with Crippen molar-refractivity contribution in [2.24, 2.45) is 0 Å². The van der Waals surface area contributed by atoms with E-state index in [1.165, 1.54) is 45.0 Å². The van der Waals surface area contributed by atoms with Crippen LogP contribution in [0.2, 0.25) is 0 Å². The Morgan fingerprint density at radius 1 is 0.239 bits per heavy atom. The molecular weight excluding hydrogens is 1120 g/mol. The van der Waals surface area contributed by atoms with E-state index in [1.807, 2.05) is 48.5 Å². The minimum absolute atomic E-state index is 0.201. The molecule has 0 N–H and O–H groups in total. The van der Waals surface area contributed by atoms with Gasteiger partial charge < -0.3 is 18.6 Å². The van der Waals surface area contributed by atoms with Gasteiger partial charge in [-0.1, -0.05) is 234 Å². The number of rotatable bonds is 10. The molecule has 15 aromatic rings. The van der Waals surface area contributed by atoms with Crippen LogP contribution in [0, 0.1) is 0 Å². The summed E-state index contributed by atoms with van der Waals surface area (Å²) in [5.41, 5.74) is 29.5. The van der Waals surface area contributed by atoms with Gasteiger partial charge in [0.15, 0.2) is 11.2 Å². The highest BCUT2D eigenvalue weighted by Gasteiger charge is 2.39. The van der Waals surface area contributed by atoms with Gasteiger partial charge in [-0.05, 0) is 186 Å². The topological polar surface area (TPSA) is 58.5 Å². The Hall–Kier alpha value is -11.6. The van der Waals surface area contributed by atoms with Gasteiger partial charge in [0.2, 0.25) is 11.8 Å². The van der Waals surface area contributed by atoms with E-state index in [9.17, 15) is 0 Å². The van der Waals surface area contributed by atoms with Crippen LogP contribution in [-0.4, -0.2) is 9.97 Å². The lowest BCUT2D eigenvalue weighted by Gasteiger charge is -2.42. The van der Waals surface area contributed by atoms with Crippen molar-refractivity contribution >= 4 is 56.3 Å². The molecule has 4 heterocycles. The molecule has 0 saturated heterocycles. The zero-order valence-electron chi connectivity index (χ0n) is 51.5. The molecule has 0 radical (unpaired) electrons. The van der Waals surface area contributed by atoms with Crippen LogP contribution in [0.5, 0.6) is 0 Å². The molecule has 2 aliphatic heterocycles. The highest BCUT2D eigenvalue weighted by molar-refractivity contribution is 6.15. The summed E-state index contributed by atoms with van der Waals surface area (Å²) in [6, 6.07) is 110. The maximum absolute atomic E-state index is 6.47. The fourth-order valence-electron chi connectivity index (χ4n) is 14.7. The Morgan fingerprint density at radius 3 is 0.783 bits per heavy atom. The van der Waals surface area contributed by atoms with Crippen LogP contribution in [0.15, 0.2) is 312 Å². The minimum Gasteiger partial charge on any atom is -0.436 e. The molecule has 0 unspecified atom stereocenters. The molecule has 2 aliphatic rings. The number of hydrogen-bond acceptors (Lipinski definition) is 6. The summed E-state index contributed by atoms with van der Waals surface area (Å²) in [6.45, 7) is 9.37. The Kier molecular flexibility index (Phi) is 12.8. The van der Waals surface area contributed by atoms with Crippen molar-refractivity contribution < 1.29 is 8.83 Å². The van der Waals surface area contributed by atoms with Crippen LogP contribution in [0.25, 0.3) is 112 Å².